The Kier molecular flexibility index (Phi) is 4.03. The quantitative estimate of drug-likeness (QED) is 0.628. The molecule has 0 radical (unpaired) electrons. The van der Waals surface area contributed by atoms with Crippen molar-refractivity contribution in [2.75, 3.05) is 23.4 Å². The van der Waals surface area contributed by atoms with Crippen LogP contribution in [0.4, 0.5) is 17.5 Å². The third-order valence-electron chi connectivity index (χ3n) is 4.12. The molecule has 0 bridgehead atoms. The second-order valence-electron chi connectivity index (χ2n) is 5.67. The number of aromatic nitrogens is 5. The Morgan fingerprint density at radius 3 is 2.88 bits per heavy atom. The molecule has 1 aromatic carbocycles. The Labute approximate surface area is 146 Å². The highest BCUT2D eigenvalue weighted by Crippen LogP contribution is 2.28. The molecule has 3 N–H and O–H groups in total. The first-order chi connectivity index (χ1) is 11.7. The van der Waals surface area contributed by atoms with E-state index in [-0.39, 0.29) is 12.6 Å². The number of benzene rings is 1. The van der Waals surface area contributed by atoms with E-state index in [1.807, 2.05) is 29.2 Å². The summed E-state index contributed by atoms with van der Waals surface area (Å²) in [5.41, 5.74) is 1.98. The van der Waals surface area contributed by atoms with Crippen LogP contribution in [0.1, 0.15) is 12.8 Å². The van der Waals surface area contributed by atoms with Crippen molar-refractivity contribution in [3.8, 4) is 0 Å². The Morgan fingerprint density at radius 1 is 1.25 bits per heavy atom. The van der Waals surface area contributed by atoms with Gasteiger partial charge in [-0.2, -0.15) is 20.3 Å². The van der Waals surface area contributed by atoms with Crippen LogP contribution >= 0.6 is 15.9 Å². The number of nitrogens with one attached hydrogen (secondary N) is 2. The molecule has 8 nitrogen and oxygen atoms in total. The zero-order valence-electron chi connectivity index (χ0n) is 12.8. The molecule has 1 atom stereocenters. The van der Waals surface area contributed by atoms with Crippen molar-refractivity contribution < 1.29 is 5.11 Å². The van der Waals surface area contributed by atoms with E-state index in [2.05, 4.69) is 46.6 Å². The largest absolute Gasteiger partial charge is 0.394 e. The molecule has 1 aliphatic rings. The maximum atomic E-state index is 9.55. The summed E-state index contributed by atoms with van der Waals surface area (Å²) in [7, 11) is 0. The summed E-state index contributed by atoms with van der Waals surface area (Å²) in [5.74, 6) is 1.15. The lowest BCUT2D eigenvalue weighted by Crippen LogP contribution is -2.33. The lowest BCUT2D eigenvalue weighted by atomic mass is 10.2. The molecule has 24 heavy (non-hydrogen) atoms. The van der Waals surface area contributed by atoms with Crippen LogP contribution in [0.25, 0.3) is 11.2 Å². The Bertz CT molecular complexity index is 851. The second-order valence-corrected chi connectivity index (χ2v) is 6.59. The van der Waals surface area contributed by atoms with Gasteiger partial charge < -0.3 is 15.3 Å². The first-order valence-electron chi connectivity index (χ1n) is 7.73. The summed E-state index contributed by atoms with van der Waals surface area (Å²) >= 11 is 3.42. The van der Waals surface area contributed by atoms with Crippen molar-refractivity contribution in [2.24, 2.45) is 0 Å². The Hall–Kier alpha value is -2.26. The number of hydrogen-bond donors (Lipinski definition) is 3. The summed E-state index contributed by atoms with van der Waals surface area (Å²) in [6.45, 7) is 0.919. The zero-order valence-corrected chi connectivity index (χ0v) is 14.4. The van der Waals surface area contributed by atoms with E-state index in [0.717, 1.165) is 29.5 Å². The van der Waals surface area contributed by atoms with Gasteiger partial charge in [0.25, 0.3) is 0 Å². The number of aliphatic hydroxyl groups is 1. The number of anilines is 3. The van der Waals surface area contributed by atoms with Crippen LogP contribution in [0, 0.1) is 0 Å². The fourth-order valence-electron chi connectivity index (χ4n) is 2.91. The molecule has 124 valence electrons. The van der Waals surface area contributed by atoms with Gasteiger partial charge in [-0.3, -0.25) is 0 Å². The molecule has 1 aliphatic heterocycles. The number of halogens is 1. The van der Waals surface area contributed by atoms with E-state index in [1.54, 1.807) is 0 Å². The molecule has 0 unspecified atom stereocenters. The minimum Gasteiger partial charge on any atom is -0.394 e. The van der Waals surface area contributed by atoms with Crippen molar-refractivity contribution in [1.29, 1.82) is 0 Å². The van der Waals surface area contributed by atoms with E-state index in [0.29, 0.717) is 22.9 Å². The molecule has 3 aromatic rings. The SMILES string of the molecule is OC[C@H]1CCCN1c1nc(Nc2ccc(Br)cc2)c2n[nH]nc2n1. The third-order valence-corrected chi connectivity index (χ3v) is 4.65. The monoisotopic (exact) mass is 389 g/mol. The van der Waals surface area contributed by atoms with Crippen LogP contribution in [0.3, 0.4) is 0 Å². The summed E-state index contributed by atoms with van der Waals surface area (Å²) in [5, 5.41) is 23.7. The van der Waals surface area contributed by atoms with Crippen molar-refractivity contribution >= 4 is 44.5 Å². The van der Waals surface area contributed by atoms with Gasteiger partial charge in [0, 0.05) is 16.7 Å². The van der Waals surface area contributed by atoms with Crippen molar-refractivity contribution in [1.82, 2.24) is 25.4 Å². The molecule has 0 saturated carbocycles. The predicted molar refractivity (Wildman–Crippen MR) is 94.4 cm³/mol. The van der Waals surface area contributed by atoms with Gasteiger partial charge in [-0.05, 0) is 37.1 Å². The van der Waals surface area contributed by atoms with Gasteiger partial charge >= 0.3 is 0 Å². The highest BCUT2D eigenvalue weighted by atomic mass is 79.9. The van der Waals surface area contributed by atoms with Gasteiger partial charge in [-0.1, -0.05) is 15.9 Å². The van der Waals surface area contributed by atoms with Crippen LogP contribution in [0.15, 0.2) is 28.7 Å². The normalized spacial score (nSPS) is 17.6. The van der Waals surface area contributed by atoms with Gasteiger partial charge in [0.15, 0.2) is 11.3 Å². The molecule has 0 amide bonds. The number of aromatic amines is 1. The highest BCUT2D eigenvalue weighted by Gasteiger charge is 2.27. The van der Waals surface area contributed by atoms with Crippen LogP contribution in [0.2, 0.25) is 0 Å². The summed E-state index contributed by atoms with van der Waals surface area (Å²) in [6.07, 6.45) is 1.95. The highest BCUT2D eigenvalue weighted by molar-refractivity contribution is 9.10. The van der Waals surface area contributed by atoms with Crippen LogP contribution < -0.4 is 10.2 Å². The van der Waals surface area contributed by atoms with Gasteiger partial charge in [0.05, 0.1) is 12.6 Å². The molecular weight excluding hydrogens is 374 g/mol. The van der Waals surface area contributed by atoms with E-state index in [9.17, 15) is 5.11 Å². The van der Waals surface area contributed by atoms with Gasteiger partial charge in [-0.15, -0.1) is 5.10 Å². The van der Waals surface area contributed by atoms with Gasteiger partial charge in [0.1, 0.15) is 0 Å². The Balaban J connectivity index is 1.73. The van der Waals surface area contributed by atoms with E-state index in [1.165, 1.54) is 0 Å². The van der Waals surface area contributed by atoms with E-state index >= 15 is 0 Å². The van der Waals surface area contributed by atoms with Crippen molar-refractivity contribution in [3.05, 3.63) is 28.7 Å². The number of H-pyrrole nitrogens is 1. The molecule has 0 spiro atoms. The van der Waals surface area contributed by atoms with E-state index in [4.69, 9.17) is 0 Å². The molecule has 0 aliphatic carbocycles. The van der Waals surface area contributed by atoms with Gasteiger partial charge in [-0.25, -0.2) is 0 Å². The Morgan fingerprint density at radius 2 is 2.08 bits per heavy atom. The lowest BCUT2D eigenvalue weighted by Gasteiger charge is -2.23. The van der Waals surface area contributed by atoms with Gasteiger partial charge in [0.2, 0.25) is 11.6 Å². The summed E-state index contributed by atoms with van der Waals surface area (Å²) in [6, 6.07) is 7.85. The lowest BCUT2D eigenvalue weighted by molar-refractivity contribution is 0.265. The number of hydrogen-bond acceptors (Lipinski definition) is 7. The zero-order chi connectivity index (χ0) is 16.5. The smallest absolute Gasteiger partial charge is 0.229 e. The fraction of sp³-hybridized carbons (Fsp3) is 0.333. The molecule has 3 heterocycles. The molecule has 1 saturated heterocycles. The van der Waals surface area contributed by atoms with Crippen LogP contribution in [-0.4, -0.2) is 49.7 Å². The minimum atomic E-state index is 0.0508. The standard InChI is InChI=1S/C15H16BrN7O/c16-9-3-5-10(6-4-9)17-13-12-14(21-22-20-12)19-15(18-13)23-7-1-2-11(23)8-24/h3-6,11,24H,1-2,7-8H2,(H2,17,18,19,20,21,22)/t11-/m1/s1. The topological polar surface area (TPSA) is 103 Å². The van der Waals surface area contributed by atoms with Crippen LogP contribution in [-0.2, 0) is 0 Å². The average Bonchev–Trinajstić information content (AvgIpc) is 3.25. The maximum Gasteiger partial charge on any atom is 0.229 e. The predicted octanol–water partition coefficient (Wildman–Crippen LogP) is 2.22. The van der Waals surface area contributed by atoms with Crippen LogP contribution in [0.5, 0.6) is 0 Å². The van der Waals surface area contributed by atoms with E-state index < -0.39 is 0 Å². The number of nitrogens with zero attached hydrogens (tertiary/aromatic N) is 5. The first-order valence-corrected chi connectivity index (χ1v) is 8.52. The fourth-order valence-corrected chi connectivity index (χ4v) is 3.17. The summed E-state index contributed by atoms with van der Waals surface area (Å²) in [4.78, 5) is 11.1. The molecular formula is C15H16BrN7O. The molecule has 4 rings (SSSR count). The summed E-state index contributed by atoms with van der Waals surface area (Å²) < 4.78 is 1.01. The number of rotatable bonds is 4. The molecule has 9 heteroatoms. The average molecular weight is 390 g/mol. The number of aliphatic hydroxyl groups excluding tert-OH is 1. The van der Waals surface area contributed by atoms with Crippen molar-refractivity contribution in [3.63, 3.8) is 0 Å². The number of fused-ring (bicyclic) bond motifs is 1. The molecule has 1 fully saturated rings. The van der Waals surface area contributed by atoms with Crippen molar-refractivity contribution in [2.45, 2.75) is 18.9 Å². The second kappa shape index (κ2) is 6.33. The first kappa shape index (κ1) is 15.3. The molecule has 2 aromatic heterocycles. The maximum absolute atomic E-state index is 9.55. The third kappa shape index (κ3) is 2.80. The minimum absolute atomic E-state index is 0.0508.